The Morgan fingerprint density at radius 3 is 1.46 bits per heavy atom. The van der Waals surface area contributed by atoms with Crippen molar-refractivity contribution in [1.29, 1.82) is 0 Å². The summed E-state index contributed by atoms with van der Waals surface area (Å²) >= 11 is 0. The van der Waals surface area contributed by atoms with E-state index in [9.17, 15) is 35.1 Å². The lowest BCUT2D eigenvalue weighted by Gasteiger charge is -2.21. The van der Waals surface area contributed by atoms with E-state index >= 15 is 0 Å². The number of hydrogen-bond acceptors (Lipinski definition) is 1. The largest absolute Gasteiger partial charge is 0.428 e. The Hall–Kier alpha value is -0.600. The Bertz CT molecular complexity index is 162. The van der Waals surface area contributed by atoms with E-state index in [-0.39, 0.29) is 0 Å². The normalized spacial score (nSPS) is 16.4. The third-order valence-electron chi connectivity index (χ3n) is 0.829. The van der Waals surface area contributed by atoms with Crippen molar-refractivity contribution in [2.24, 2.45) is 0 Å². The first kappa shape index (κ1) is 12.4. The minimum Gasteiger partial charge on any atom is -0.255 e. The molecule has 1 nitrogen and oxygen atoms in total. The summed E-state index contributed by atoms with van der Waals surface area (Å²) in [6.07, 6.45) is -16.3. The molecule has 0 aromatic rings. The Kier molecular flexibility index (Phi) is 3.47. The molecule has 0 rings (SSSR count). The predicted molar refractivity (Wildman–Crippen MR) is 23.0 cm³/mol. The Morgan fingerprint density at radius 1 is 0.846 bits per heavy atom. The Morgan fingerprint density at radius 2 is 1.23 bits per heavy atom. The van der Waals surface area contributed by atoms with Crippen LogP contribution in [0.4, 0.5) is 35.1 Å². The summed E-state index contributed by atoms with van der Waals surface area (Å²) in [5.74, 6) is 0. The van der Waals surface area contributed by atoms with Crippen LogP contribution in [0.1, 0.15) is 0 Å². The fraction of sp³-hybridized carbons (Fsp3) is 1.00. The molecule has 80 valence electrons. The van der Waals surface area contributed by atoms with Gasteiger partial charge in [-0.3, -0.25) is 4.74 Å². The lowest BCUT2D eigenvalue weighted by atomic mass is 10.3. The van der Waals surface area contributed by atoms with Gasteiger partial charge in [-0.15, -0.1) is 0 Å². The van der Waals surface area contributed by atoms with Crippen molar-refractivity contribution in [3.63, 3.8) is 0 Å². The second-order valence-electron chi connectivity index (χ2n) is 1.84. The molecule has 1 unspecified atom stereocenters. The van der Waals surface area contributed by atoms with Crippen LogP contribution in [-0.2, 0) is 4.74 Å². The van der Waals surface area contributed by atoms with E-state index in [1.165, 1.54) is 0 Å². The van der Waals surface area contributed by atoms with Crippen LogP contribution in [0.5, 0.6) is 0 Å². The fourth-order valence-electron chi connectivity index (χ4n) is 0.369. The second-order valence-corrected chi connectivity index (χ2v) is 1.84. The maximum Gasteiger partial charge on any atom is 0.428 e. The first-order chi connectivity index (χ1) is 5.57. The van der Waals surface area contributed by atoms with Gasteiger partial charge in [0.05, 0.1) is 0 Å². The van der Waals surface area contributed by atoms with Gasteiger partial charge in [0.15, 0.2) is 0 Å². The topological polar surface area (TPSA) is 9.23 Å². The molecular formula is C4H2F8O. The second kappa shape index (κ2) is 3.64. The molecule has 0 radical (unpaired) electrons. The fourth-order valence-corrected chi connectivity index (χ4v) is 0.369. The van der Waals surface area contributed by atoms with Crippen LogP contribution >= 0.6 is 0 Å². The van der Waals surface area contributed by atoms with E-state index in [2.05, 4.69) is 4.74 Å². The third kappa shape index (κ3) is 3.75. The van der Waals surface area contributed by atoms with Gasteiger partial charge in [-0.05, 0) is 0 Å². The Balaban J connectivity index is 4.45. The molecular weight excluding hydrogens is 216 g/mol. The zero-order chi connectivity index (χ0) is 10.9. The molecule has 0 heterocycles. The first-order valence-corrected chi connectivity index (χ1v) is 2.62. The number of ether oxygens (including phenoxy) is 1. The van der Waals surface area contributed by atoms with Gasteiger partial charge in [-0.1, -0.05) is 0 Å². The van der Waals surface area contributed by atoms with Crippen molar-refractivity contribution in [1.82, 2.24) is 0 Å². The molecule has 0 spiro atoms. The quantitative estimate of drug-likeness (QED) is 0.661. The third-order valence-corrected chi connectivity index (χ3v) is 0.829. The molecule has 0 fully saturated rings. The average molecular weight is 218 g/mol. The maximum absolute atomic E-state index is 11.8. The van der Waals surface area contributed by atoms with E-state index in [4.69, 9.17) is 0 Å². The molecule has 0 N–H and O–H groups in total. The van der Waals surface area contributed by atoms with Crippen LogP contribution < -0.4 is 0 Å². The van der Waals surface area contributed by atoms with Crippen LogP contribution in [-0.4, -0.2) is 25.1 Å². The van der Waals surface area contributed by atoms with E-state index in [0.717, 1.165) is 0 Å². The van der Waals surface area contributed by atoms with Crippen molar-refractivity contribution in [2.45, 2.75) is 25.1 Å². The highest BCUT2D eigenvalue weighted by Crippen LogP contribution is 2.36. The van der Waals surface area contributed by atoms with Gasteiger partial charge in [0.1, 0.15) is 0 Å². The Labute approximate surface area is 66.3 Å². The van der Waals surface area contributed by atoms with E-state index in [1.54, 1.807) is 0 Å². The molecule has 1 atom stereocenters. The molecule has 0 saturated heterocycles. The first-order valence-electron chi connectivity index (χ1n) is 2.62. The van der Waals surface area contributed by atoms with Gasteiger partial charge < -0.3 is 0 Å². The summed E-state index contributed by atoms with van der Waals surface area (Å²) in [6, 6.07) is 0. The van der Waals surface area contributed by atoms with Crippen molar-refractivity contribution >= 4 is 0 Å². The molecule has 9 heteroatoms. The lowest BCUT2D eigenvalue weighted by molar-refractivity contribution is -0.378. The summed E-state index contributed by atoms with van der Waals surface area (Å²) in [4.78, 5) is 0. The summed E-state index contributed by atoms with van der Waals surface area (Å²) < 4.78 is 93.1. The molecule has 13 heavy (non-hydrogen) atoms. The lowest BCUT2D eigenvalue weighted by Crippen LogP contribution is -2.44. The van der Waals surface area contributed by atoms with Crippen LogP contribution in [0.15, 0.2) is 0 Å². The highest BCUT2D eigenvalue weighted by atomic mass is 19.4. The SMILES string of the molecule is FC(F)OC(F)(F)C(F)C(F)(F)F. The monoisotopic (exact) mass is 218 g/mol. The maximum atomic E-state index is 11.8. The van der Waals surface area contributed by atoms with Gasteiger partial charge in [0.2, 0.25) is 0 Å². The van der Waals surface area contributed by atoms with Crippen molar-refractivity contribution in [3.05, 3.63) is 0 Å². The van der Waals surface area contributed by atoms with Gasteiger partial charge in [0.25, 0.3) is 6.17 Å². The van der Waals surface area contributed by atoms with Crippen molar-refractivity contribution < 1.29 is 39.9 Å². The molecule has 0 amide bonds. The predicted octanol–water partition coefficient (Wildman–Crippen LogP) is 2.72. The smallest absolute Gasteiger partial charge is 0.255 e. The van der Waals surface area contributed by atoms with Crippen molar-refractivity contribution in [3.8, 4) is 0 Å². The number of rotatable bonds is 3. The highest BCUT2D eigenvalue weighted by molar-refractivity contribution is 4.75. The van der Waals surface area contributed by atoms with Crippen LogP contribution in [0, 0.1) is 0 Å². The van der Waals surface area contributed by atoms with Gasteiger partial charge in [-0.2, -0.15) is 30.7 Å². The molecule has 0 bridgehead atoms. The van der Waals surface area contributed by atoms with Gasteiger partial charge in [-0.25, -0.2) is 4.39 Å². The van der Waals surface area contributed by atoms with Gasteiger partial charge in [0, 0.05) is 0 Å². The molecule has 0 aliphatic rings. The van der Waals surface area contributed by atoms with E-state index in [0.29, 0.717) is 0 Å². The molecule has 0 saturated carbocycles. The summed E-state index contributed by atoms with van der Waals surface area (Å²) in [5.41, 5.74) is 0. The summed E-state index contributed by atoms with van der Waals surface area (Å²) in [7, 11) is 0. The summed E-state index contributed by atoms with van der Waals surface area (Å²) in [6.45, 7) is -4.18. The van der Waals surface area contributed by atoms with Gasteiger partial charge >= 0.3 is 18.9 Å². The molecule has 0 aromatic carbocycles. The average Bonchev–Trinajstić information content (AvgIpc) is 1.80. The van der Waals surface area contributed by atoms with Crippen LogP contribution in [0.3, 0.4) is 0 Å². The highest BCUT2D eigenvalue weighted by Gasteiger charge is 2.59. The van der Waals surface area contributed by atoms with E-state index < -0.39 is 25.1 Å². The molecule has 0 aliphatic carbocycles. The number of halogens is 8. The van der Waals surface area contributed by atoms with E-state index in [1.807, 2.05) is 0 Å². The number of alkyl halides is 8. The van der Waals surface area contributed by atoms with Crippen LogP contribution in [0.2, 0.25) is 0 Å². The molecule has 0 aromatic heterocycles. The molecule has 0 aliphatic heterocycles. The minimum atomic E-state index is -5.95. The zero-order valence-electron chi connectivity index (χ0n) is 5.59. The zero-order valence-corrected chi connectivity index (χ0v) is 5.59. The van der Waals surface area contributed by atoms with Crippen molar-refractivity contribution in [2.75, 3.05) is 0 Å². The summed E-state index contributed by atoms with van der Waals surface area (Å²) in [5, 5.41) is 0. The minimum absolute atomic E-state index is 2.16. The van der Waals surface area contributed by atoms with Crippen LogP contribution in [0.25, 0.3) is 0 Å². The number of hydrogen-bond donors (Lipinski definition) is 0. The standard InChI is InChI=1S/C4H2F8O/c5-1(3(8,9)10)4(11,12)13-2(6)7/h1-2H.